The van der Waals surface area contributed by atoms with E-state index in [2.05, 4.69) is 10.6 Å². The summed E-state index contributed by atoms with van der Waals surface area (Å²) in [6.07, 6.45) is 3.40. The molecule has 1 atom stereocenters. The number of esters is 2. The molecule has 6 rings (SSSR count). The van der Waals surface area contributed by atoms with Gasteiger partial charge < -0.3 is 53.5 Å². The molecule has 4 heterocycles. The van der Waals surface area contributed by atoms with E-state index < -0.39 is 23.3 Å². The van der Waals surface area contributed by atoms with E-state index in [-0.39, 0.29) is 73.0 Å². The summed E-state index contributed by atoms with van der Waals surface area (Å²) in [6.45, 7) is 13.1. The highest BCUT2D eigenvalue weighted by molar-refractivity contribution is 5.90. The van der Waals surface area contributed by atoms with Crippen molar-refractivity contribution in [3.8, 4) is 17.1 Å². The number of aromatic nitrogens is 2. The standard InChI is InChI=1S/C46H62N4O13/c1-6-32-33-24-31(12-13-37(33)49-40-34(32)27-50-38(40)25-36-35(41(50)52)28-61-43(54)46(36,56)7-2)62-42(53)30-10-8-29(9-11-30)26-48-39(51)14-16-57-18-20-59-22-23-60-21-19-58-17-15-47-44(55)63-45(3,4)5/h12-13,24-25,29-30,56H,6-11,14-23,26-28H2,1-5H3,(H,47,55)(H,48,51)/t29-,30-,46-/m0/s1. The summed E-state index contributed by atoms with van der Waals surface area (Å²) in [6, 6.07) is 7.09. The molecule has 3 N–H and O–H groups in total. The number of benzene rings is 1. The summed E-state index contributed by atoms with van der Waals surface area (Å²) < 4.78 is 39.8. The Labute approximate surface area is 367 Å². The first-order valence-corrected chi connectivity index (χ1v) is 22.1. The smallest absolute Gasteiger partial charge is 0.407 e. The van der Waals surface area contributed by atoms with Crippen molar-refractivity contribution in [3.05, 3.63) is 56.9 Å². The minimum atomic E-state index is -1.90. The van der Waals surface area contributed by atoms with Crippen LogP contribution in [-0.2, 0) is 68.0 Å². The zero-order valence-electron chi connectivity index (χ0n) is 37.1. The number of hydrogen-bond donors (Lipinski definition) is 3. The quantitative estimate of drug-likeness (QED) is 0.0600. The van der Waals surface area contributed by atoms with Crippen LogP contribution < -0.4 is 20.9 Å². The lowest BCUT2D eigenvalue weighted by molar-refractivity contribution is -0.172. The van der Waals surface area contributed by atoms with Crippen LogP contribution in [0.3, 0.4) is 0 Å². The minimum absolute atomic E-state index is 0.0661. The van der Waals surface area contributed by atoms with Gasteiger partial charge in [-0.05, 0) is 95.0 Å². The second-order valence-electron chi connectivity index (χ2n) is 17.1. The summed E-state index contributed by atoms with van der Waals surface area (Å²) in [7, 11) is 0. The van der Waals surface area contributed by atoms with Crippen LogP contribution in [0.1, 0.15) is 95.4 Å². The first-order valence-electron chi connectivity index (χ1n) is 22.1. The fourth-order valence-electron chi connectivity index (χ4n) is 8.22. The molecule has 0 saturated heterocycles. The summed E-state index contributed by atoms with van der Waals surface area (Å²) in [4.78, 5) is 68.5. The maximum atomic E-state index is 13.7. The molecule has 3 aliphatic rings. The summed E-state index contributed by atoms with van der Waals surface area (Å²) in [5.41, 5.74) is 1.51. The van der Waals surface area contributed by atoms with Crippen molar-refractivity contribution in [2.75, 3.05) is 65.9 Å². The third kappa shape index (κ3) is 12.0. The Morgan fingerprint density at radius 1 is 0.889 bits per heavy atom. The lowest BCUT2D eigenvalue weighted by Crippen LogP contribution is -2.44. The second kappa shape index (κ2) is 21.6. The highest BCUT2D eigenvalue weighted by Crippen LogP contribution is 2.41. The molecule has 1 fully saturated rings. The van der Waals surface area contributed by atoms with Gasteiger partial charge in [0, 0.05) is 36.0 Å². The van der Waals surface area contributed by atoms with Gasteiger partial charge in [-0.25, -0.2) is 14.6 Å². The molecule has 0 bridgehead atoms. The van der Waals surface area contributed by atoms with Crippen LogP contribution in [0.5, 0.6) is 5.75 Å². The Morgan fingerprint density at radius 3 is 2.21 bits per heavy atom. The number of carbonyl (C=O) groups excluding carboxylic acids is 4. The topological polar surface area (TPSA) is 212 Å². The molecule has 63 heavy (non-hydrogen) atoms. The van der Waals surface area contributed by atoms with Gasteiger partial charge in [0.1, 0.15) is 18.0 Å². The van der Waals surface area contributed by atoms with Crippen LogP contribution >= 0.6 is 0 Å². The van der Waals surface area contributed by atoms with Crippen molar-refractivity contribution < 1.29 is 57.4 Å². The maximum Gasteiger partial charge on any atom is 0.407 e. The molecule has 17 heteroatoms. The lowest BCUT2D eigenvalue weighted by atomic mass is 9.82. The van der Waals surface area contributed by atoms with E-state index in [0.717, 1.165) is 29.4 Å². The largest absolute Gasteiger partial charge is 0.458 e. The predicted molar refractivity (Wildman–Crippen MR) is 230 cm³/mol. The molecule has 1 saturated carbocycles. The highest BCUT2D eigenvalue weighted by atomic mass is 16.6. The summed E-state index contributed by atoms with van der Waals surface area (Å²) >= 11 is 0. The number of ether oxygens (including phenoxy) is 7. The van der Waals surface area contributed by atoms with Gasteiger partial charge in [0.2, 0.25) is 5.91 Å². The first kappa shape index (κ1) is 47.5. The molecule has 0 radical (unpaired) electrons. The van der Waals surface area contributed by atoms with Crippen molar-refractivity contribution in [1.82, 2.24) is 20.2 Å². The van der Waals surface area contributed by atoms with E-state index >= 15 is 0 Å². The third-order valence-electron chi connectivity index (χ3n) is 11.6. The van der Waals surface area contributed by atoms with E-state index in [1.54, 1.807) is 44.4 Å². The molecule has 0 unspecified atom stereocenters. The zero-order chi connectivity index (χ0) is 45.1. The molecule has 0 spiro atoms. The van der Waals surface area contributed by atoms with Gasteiger partial charge in [0.25, 0.3) is 5.56 Å². The van der Waals surface area contributed by atoms with Crippen LogP contribution in [0.4, 0.5) is 4.79 Å². The SMILES string of the molecule is CCc1c2c(nc3ccc(OC(=O)[C@H]4CC[C@H](CNC(=O)CCOCCOCCOCCOCCNC(=O)OC(C)(C)C)CC4)cc13)-c1cc3c(c(=O)n1C2)COC(=O)[C@]3(O)CC. The number of amides is 2. The van der Waals surface area contributed by atoms with Crippen molar-refractivity contribution in [3.63, 3.8) is 0 Å². The van der Waals surface area contributed by atoms with E-state index in [1.165, 1.54) is 0 Å². The van der Waals surface area contributed by atoms with Crippen molar-refractivity contribution in [2.24, 2.45) is 11.8 Å². The number of aryl methyl sites for hydroxylation is 1. The van der Waals surface area contributed by atoms with Gasteiger partial charge in [-0.1, -0.05) is 13.8 Å². The van der Waals surface area contributed by atoms with E-state index in [9.17, 15) is 29.1 Å². The molecule has 17 nitrogen and oxygen atoms in total. The predicted octanol–water partition coefficient (Wildman–Crippen LogP) is 4.45. The van der Waals surface area contributed by atoms with Gasteiger partial charge >= 0.3 is 18.0 Å². The number of nitrogens with zero attached hydrogens (tertiary/aromatic N) is 2. The fraction of sp³-hybridized carbons (Fsp3) is 0.609. The molecular formula is C46H62N4O13. The van der Waals surface area contributed by atoms with Crippen molar-refractivity contribution in [1.29, 1.82) is 0 Å². The Balaban J connectivity index is 0.852. The summed E-state index contributed by atoms with van der Waals surface area (Å²) in [5, 5.41) is 17.7. The first-order chi connectivity index (χ1) is 30.2. The average molecular weight is 879 g/mol. The number of cyclic esters (lactones) is 1. The maximum absolute atomic E-state index is 13.7. The molecule has 344 valence electrons. The number of hydrogen-bond acceptors (Lipinski definition) is 14. The number of rotatable bonds is 21. The second-order valence-corrected chi connectivity index (χ2v) is 17.1. The molecule has 1 aromatic carbocycles. The number of fused-ring (bicyclic) bond motifs is 5. The third-order valence-corrected chi connectivity index (χ3v) is 11.6. The number of alkyl carbamates (subject to hydrolysis) is 1. The zero-order valence-corrected chi connectivity index (χ0v) is 37.1. The monoisotopic (exact) mass is 878 g/mol. The molecule has 3 aromatic rings. The number of carbonyl (C=O) groups is 4. The molecular weight excluding hydrogens is 817 g/mol. The molecule has 1 aliphatic carbocycles. The Morgan fingerprint density at radius 2 is 1.56 bits per heavy atom. The molecule has 2 aromatic heterocycles. The van der Waals surface area contributed by atoms with Crippen LogP contribution in [0.2, 0.25) is 0 Å². The highest BCUT2D eigenvalue weighted by Gasteiger charge is 2.45. The minimum Gasteiger partial charge on any atom is -0.458 e. The van der Waals surface area contributed by atoms with Gasteiger partial charge in [-0.3, -0.25) is 14.4 Å². The Kier molecular flexibility index (Phi) is 16.3. The van der Waals surface area contributed by atoms with Crippen LogP contribution in [0, 0.1) is 11.8 Å². The Bertz CT molecular complexity index is 2180. The summed E-state index contributed by atoms with van der Waals surface area (Å²) in [5.74, 6) is -0.675. The molecule has 2 amide bonds. The normalized spacial score (nSPS) is 19.2. The fourth-order valence-corrected chi connectivity index (χ4v) is 8.22. The van der Waals surface area contributed by atoms with Crippen molar-refractivity contribution in [2.45, 2.75) is 104 Å². The van der Waals surface area contributed by atoms with E-state index in [4.69, 9.17) is 38.1 Å². The van der Waals surface area contributed by atoms with Crippen LogP contribution in [-0.4, -0.2) is 110 Å². The van der Waals surface area contributed by atoms with Crippen molar-refractivity contribution >= 4 is 34.8 Å². The number of nitrogens with one attached hydrogen (secondary N) is 2. The number of pyridine rings is 2. The van der Waals surface area contributed by atoms with Crippen LogP contribution in [0.15, 0.2) is 29.1 Å². The average Bonchev–Trinajstić information content (AvgIpc) is 3.62. The van der Waals surface area contributed by atoms with Gasteiger partial charge in [0.15, 0.2) is 5.60 Å². The van der Waals surface area contributed by atoms with Crippen LogP contribution in [0.25, 0.3) is 22.3 Å². The van der Waals surface area contributed by atoms with E-state index in [1.807, 2.05) is 19.1 Å². The Hall–Kier alpha value is -4.94. The molecule has 2 aliphatic heterocycles. The lowest BCUT2D eigenvalue weighted by Gasteiger charge is -2.31. The van der Waals surface area contributed by atoms with E-state index in [0.29, 0.717) is 101 Å². The van der Waals surface area contributed by atoms with Gasteiger partial charge in [-0.2, -0.15) is 0 Å². The van der Waals surface area contributed by atoms with Gasteiger partial charge in [-0.15, -0.1) is 0 Å². The number of aliphatic hydroxyl groups is 1. The van der Waals surface area contributed by atoms with Gasteiger partial charge in [0.05, 0.1) is 87.8 Å².